The molecule has 0 radical (unpaired) electrons. The van der Waals surface area contributed by atoms with Crippen LogP contribution in [0.15, 0.2) is 29.4 Å². The molecule has 0 aliphatic heterocycles. The highest BCUT2D eigenvalue weighted by Gasteiger charge is 2.12. The van der Waals surface area contributed by atoms with E-state index in [4.69, 9.17) is 5.11 Å². The number of aliphatic hydroxyl groups excluding tert-OH is 1. The maximum atomic E-state index is 8.80. The molecular formula is C15H21N3OS. The van der Waals surface area contributed by atoms with E-state index in [0.29, 0.717) is 0 Å². The van der Waals surface area contributed by atoms with Gasteiger partial charge in [0.1, 0.15) is 0 Å². The molecule has 2 aromatic rings. The number of benzene rings is 1. The van der Waals surface area contributed by atoms with E-state index < -0.39 is 0 Å². The van der Waals surface area contributed by atoms with Crippen LogP contribution in [0.3, 0.4) is 0 Å². The zero-order valence-electron chi connectivity index (χ0n) is 12.0. The van der Waals surface area contributed by atoms with E-state index in [1.165, 1.54) is 5.56 Å². The molecular weight excluding hydrogens is 270 g/mol. The minimum absolute atomic E-state index is 0.259. The summed E-state index contributed by atoms with van der Waals surface area (Å²) in [6.07, 6.45) is 1.84. The standard InChI is InChI=1S/C15H21N3OS/c1-3-18-14(13-8-6-7-12(2)11-13)16-17-15(18)20-10-5-4-9-19/h6-8,11,19H,3-5,9-10H2,1-2H3. The van der Waals surface area contributed by atoms with Gasteiger partial charge < -0.3 is 9.67 Å². The molecule has 1 aromatic carbocycles. The van der Waals surface area contributed by atoms with Gasteiger partial charge >= 0.3 is 0 Å². The first-order chi connectivity index (χ1) is 9.76. The molecule has 1 heterocycles. The van der Waals surface area contributed by atoms with Crippen molar-refractivity contribution in [2.24, 2.45) is 0 Å². The molecule has 0 aliphatic rings. The van der Waals surface area contributed by atoms with E-state index in [-0.39, 0.29) is 6.61 Å². The summed E-state index contributed by atoms with van der Waals surface area (Å²) in [6.45, 7) is 5.31. The van der Waals surface area contributed by atoms with E-state index in [1.807, 2.05) is 6.07 Å². The summed E-state index contributed by atoms with van der Waals surface area (Å²) in [7, 11) is 0. The van der Waals surface area contributed by atoms with E-state index >= 15 is 0 Å². The lowest BCUT2D eigenvalue weighted by Crippen LogP contribution is -2.00. The molecule has 4 nitrogen and oxygen atoms in total. The Bertz CT molecular complexity index is 554. The van der Waals surface area contributed by atoms with Crippen molar-refractivity contribution in [2.45, 2.75) is 38.4 Å². The van der Waals surface area contributed by atoms with Crippen LogP contribution < -0.4 is 0 Å². The number of aryl methyl sites for hydroxylation is 1. The van der Waals surface area contributed by atoms with Gasteiger partial charge in [0.15, 0.2) is 11.0 Å². The van der Waals surface area contributed by atoms with Crippen molar-refractivity contribution in [3.05, 3.63) is 29.8 Å². The van der Waals surface area contributed by atoms with Crippen molar-refractivity contribution in [1.29, 1.82) is 0 Å². The predicted molar refractivity (Wildman–Crippen MR) is 82.9 cm³/mol. The third-order valence-electron chi connectivity index (χ3n) is 3.09. The number of rotatable bonds is 7. The van der Waals surface area contributed by atoms with Crippen LogP contribution in [0.25, 0.3) is 11.4 Å². The number of hydrogen-bond donors (Lipinski definition) is 1. The molecule has 108 valence electrons. The maximum absolute atomic E-state index is 8.80. The first kappa shape index (κ1) is 15.1. The number of aliphatic hydroxyl groups is 1. The second-order valence-electron chi connectivity index (χ2n) is 4.70. The average molecular weight is 291 g/mol. The lowest BCUT2D eigenvalue weighted by molar-refractivity contribution is 0.287. The molecule has 0 aliphatic carbocycles. The summed E-state index contributed by atoms with van der Waals surface area (Å²) >= 11 is 1.71. The van der Waals surface area contributed by atoms with Crippen LogP contribution in [0.2, 0.25) is 0 Å². The zero-order valence-corrected chi connectivity index (χ0v) is 12.9. The zero-order chi connectivity index (χ0) is 14.4. The van der Waals surface area contributed by atoms with Gasteiger partial charge in [0.2, 0.25) is 0 Å². The Kier molecular flexibility index (Phi) is 5.61. The minimum Gasteiger partial charge on any atom is -0.396 e. The van der Waals surface area contributed by atoms with Crippen LogP contribution in [0, 0.1) is 6.92 Å². The fourth-order valence-corrected chi connectivity index (χ4v) is 3.06. The monoisotopic (exact) mass is 291 g/mol. The van der Waals surface area contributed by atoms with Gasteiger partial charge in [0.05, 0.1) is 0 Å². The molecule has 0 saturated carbocycles. The van der Waals surface area contributed by atoms with Gasteiger partial charge in [-0.3, -0.25) is 0 Å². The normalized spacial score (nSPS) is 10.9. The number of nitrogens with zero attached hydrogens (tertiary/aromatic N) is 3. The van der Waals surface area contributed by atoms with Crippen molar-refractivity contribution in [3.8, 4) is 11.4 Å². The van der Waals surface area contributed by atoms with Crippen molar-refractivity contribution in [2.75, 3.05) is 12.4 Å². The largest absolute Gasteiger partial charge is 0.396 e. The van der Waals surface area contributed by atoms with Crippen molar-refractivity contribution in [3.63, 3.8) is 0 Å². The van der Waals surface area contributed by atoms with Crippen LogP contribution in [0.1, 0.15) is 25.3 Å². The molecule has 0 spiro atoms. The van der Waals surface area contributed by atoms with Gasteiger partial charge in [-0.25, -0.2) is 0 Å². The summed E-state index contributed by atoms with van der Waals surface area (Å²) in [6, 6.07) is 8.34. The summed E-state index contributed by atoms with van der Waals surface area (Å²) < 4.78 is 2.15. The first-order valence-electron chi connectivity index (χ1n) is 7.00. The molecule has 1 aromatic heterocycles. The highest BCUT2D eigenvalue weighted by Crippen LogP contribution is 2.25. The lowest BCUT2D eigenvalue weighted by atomic mass is 10.1. The molecule has 0 atom stereocenters. The van der Waals surface area contributed by atoms with Gasteiger partial charge in [-0.1, -0.05) is 35.5 Å². The maximum Gasteiger partial charge on any atom is 0.191 e. The summed E-state index contributed by atoms with van der Waals surface area (Å²) in [5.41, 5.74) is 2.34. The van der Waals surface area contributed by atoms with Crippen LogP contribution in [0.4, 0.5) is 0 Å². The Hall–Kier alpha value is -1.33. The average Bonchev–Trinajstić information content (AvgIpc) is 2.86. The number of thioether (sulfide) groups is 1. The van der Waals surface area contributed by atoms with Crippen molar-refractivity contribution < 1.29 is 5.11 Å². The second-order valence-corrected chi connectivity index (χ2v) is 5.76. The molecule has 5 heteroatoms. The quantitative estimate of drug-likeness (QED) is 0.629. The fraction of sp³-hybridized carbons (Fsp3) is 0.467. The van der Waals surface area contributed by atoms with E-state index in [1.54, 1.807) is 11.8 Å². The first-order valence-corrected chi connectivity index (χ1v) is 7.98. The van der Waals surface area contributed by atoms with Gasteiger partial charge in [0.25, 0.3) is 0 Å². The van der Waals surface area contributed by atoms with Gasteiger partial charge in [-0.05, 0) is 32.8 Å². The fourth-order valence-electron chi connectivity index (χ4n) is 2.06. The third kappa shape index (κ3) is 3.61. The third-order valence-corrected chi connectivity index (χ3v) is 4.15. The molecule has 0 saturated heterocycles. The van der Waals surface area contributed by atoms with Crippen LogP contribution in [-0.2, 0) is 6.54 Å². The Morgan fingerprint density at radius 3 is 2.80 bits per heavy atom. The van der Waals surface area contributed by atoms with Gasteiger partial charge in [-0.2, -0.15) is 0 Å². The van der Waals surface area contributed by atoms with Crippen LogP contribution in [0.5, 0.6) is 0 Å². The summed E-state index contributed by atoms with van der Waals surface area (Å²) in [4.78, 5) is 0. The smallest absolute Gasteiger partial charge is 0.191 e. The molecule has 0 bridgehead atoms. The van der Waals surface area contributed by atoms with Gasteiger partial charge in [-0.15, -0.1) is 10.2 Å². The van der Waals surface area contributed by atoms with Crippen molar-refractivity contribution >= 4 is 11.8 Å². The summed E-state index contributed by atoms with van der Waals surface area (Å²) in [5.74, 6) is 1.90. The lowest BCUT2D eigenvalue weighted by Gasteiger charge is -2.07. The van der Waals surface area contributed by atoms with Crippen LogP contribution in [-0.4, -0.2) is 32.2 Å². The highest BCUT2D eigenvalue weighted by atomic mass is 32.2. The minimum atomic E-state index is 0.259. The topological polar surface area (TPSA) is 50.9 Å². The Labute approximate surface area is 124 Å². The van der Waals surface area contributed by atoms with Gasteiger partial charge in [0, 0.05) is 24.5 Å². The molecule has 20 heavy (non-hydrogen) atoms. The number of unbranched alkanes of at least 4 members (excludes halogenated alkanes) is 1. The Morgan fingerprint density at radius 1 is 1.25 bits per heavy atom. The molecule has 1 N–H and O–H groups in total. The Morgan fingerprint density at radius 2 is 2.10 bits per heavy atom. The van der Waals surface area contributed by atoms with E-state index in [2.05, 4.69) is 46.8 Å². The SMILES string of the molecule is CCn1c(SCCCCO)nnc1-c1cccc(C)c1. The molecule has 0 unspecified atom stereocenters. The van der Waals surface area contributed by atoms with Crippen molar-refractivity contribution in [1.82, 2.24) is 14.8 Å². The second kappa shape index (κ2) is 7.45. The molecule has 2 rings (SSSR count). The predicted octanol–water partition coefficient (Wildman–Crippen LogP) is 3.14. The number of aromatic nitrogens is 3. The molecule has 0 fully saturated rings. The van der Waals surface area contributed by atoms with E-state index in [9.17, 15) is 0 Å². The molecule has 0 amide bonds. The van der Waals surface area contributed by atoms with Crippen LogP contribution >= 0.6 is 11.8 Å². The summed E-state index contributed by atoms with van der Waals surface area (Å²) in [5, 5.41) is 18.4. The Balaban J connectivity index is 2.16. The highest BCUT2D eigenvalue weighted by molar-refractivity contribution is 7.99. The van der Waals surface area contributed by atoms with E-state index in [0.717, 1.165) is 41.7 Å². The number of hydrogen-bond acceptors (Lipinski definition) is 4.